The molecular formula is C15H23NO4. The molecule has 5 nitrogen and oxygen atoms in total. The van der Waals surface area contributed by atoms with Crippen molar-refractivity contribution in [2.45, 2.75) is 25.7 Å². The van der Waals surface area contributed by atoms with Crippen molar-refractivity contribution in [1.29, 1.82) is 0 Å². The molecule has 2 rings (SSSR count). The molecule has 0 spiro atoms. The normalized spacial score (nSPS) is 15.4. The smallest absolute Gasteiger partial charge is 0.176 e. The monoisotopic (exact) mass is 281 g/mol. The van der Waals surface area contributed by atoms with E-state index in [4.69, 9.17) is 18.9 Å². The molecule has 0 aromatic heterocycles. The Labute approximate surface area is 120 Å². The lowest BCUT2D eigenvalue weighted by molar-refractivity contribution is -0.124. The van der Waals surface area contributed by atoms with Crippen LogP contribution in [-0.2, 0) is 9.47 Å². The highest BCUT2D eigenvalue weighted by Crippen LogP contribution is 2.33. The number of ether oxygens (including phenoxy) is 4. The van der Waals surface area contributed by atoms with Crippen LogP contribution in [0.5, 0.6) is 11.5 Å². The first-order chi connectivity index (χ1) is 9.80. The van der Waals surface area contributed by atoms with Crippen LogP contribution in [0.15, 0.2) is 18.2 Å². The van der Waals surface area contributed by atoms with E-state index in [0.29, 0.717) is 13.2 Å². The van der Waals surface area contributed by atoms with Crippen LogP contribution < -0.4 is 14.8 Å². The molecule has 0 amide bonds. The standard InChI is InChI=1S/C15H23NO4/c1-4-7-16-14(15(17-2)18-3)11-5-6-12-13(10-11)20-9-8-19-12/h5-6,10,14-16H,4,7-9H2,1-3H3. The van der Waals surface area contributed by atoms with Crippen LogP contribution in [0, 0.1) is 0 Å². The zero-order valence-electron chi connectivity index (χ0n) is 12.3. The van der Waals surface area contributed by atoms with Gasteiger partial charge in [-0.15, -0.1) is 0 Å². The molecule has 1 atom stereocenters. The maximum Gasteiger partial charge on any atom is 0.176 e. The summed E-state index contributed by atoms with van der Waals surface area (Å²) in [6.45, 7) is 4.20. The number of fused-ring (bicyclic) bond motifs is 1. The lowest BCUT2D eigenvalue weighted by Gasteiger charge is -2.27. The minimum Gasteiger partial charge on any atom is -0.486 e. The van der Waals surface area contributed by atoms with Gasteiger partial charge < -0.3 is 24.3 Å². The second kappa shape index (κ2) is 7.47. The van der Waals surface area contributed by atoms with Crippen LogP contribution in [0.3, 0.4) is 0 Å². The molecule has 0 radical (unpaired) electrons. The molecule has 0 saturated carbocycles. The van der Waals surface area contributed by atoms with E-state index in [-0.39, 0.29) is 12.3 Å². The van der Waals surface area contributed by atoms with Crippen LogP contribution in [0.4, 0.5) is 0 Å². The van der Waals surface area contributed by atoms with Crippen LogP contribution in [-0.4, -0.2) is 40.3 Å². The fourth-order valence-electron chi connectivity index (χ4n) is 2.29. The molecule has 0 fully saturated rings. The summed E-state index contributed by atoms with van der Waals surface area (Å²) in [5.41, 5.74) is 1.07. The molecule has 112 valence electrons. The highest BCUT2D eigenvalue weighted by atomic mass is 16.7. The minimum absolute atomic E-state index is 0.0409. The zero-order chi connectivity index (χ0) is 14.4. The number of methoxy groups -OCH3 is 2. The molecule has 1 heterocycles. The van der Waals surface area contributed by atoms with Gasteiger partial charge in [0.25, 0.3) is 0 Å². The minimum atomic E-state index is -0.343. The Morgan fingerprint density at radius 1 is 1.15 bits per heavy atom. The maximum atomic E-state index is 5.63. The third-order valence-electron chi connectivity index (χ3n) is 3.28. The van der Waals surface area contributed by atoms with Crippen LogP contribution >= 0.6 is 0 Å². The molecule has 1 aromatic rings. The Kier molecular flexibility index (Phi) is 5.64. The number of nitrogens with one attached hydrogen (secondary N) is 1. The molecule has 1 aliphatic rings. The van der Waals surface area contributed by atoms with Gasteiger partial charge in [-0.05, 0) is 30.7 Å². The van der Waals surface area contributed by atoms with E-state index in [1.807, 2.05) is 18.2 Å². The van der Waals surface area contributed by atoms with E-state index >= 15 is 0 Å². The van der Waals surface area contributed by atoms with Gasteiger partial charge in [-0.1, -0.05) is 13.0 Å². The number of benzene rings is 1. The molecule has 20 heavy (non-hydrogen) atoms. The Morgan fingerprint density at radius 2 is 1.85 bits per heavy atom. The highest BCUT2D eigenvalue weighted by Gasteiger charge is 2.24. The summed E-state index contributed by atoms with van der Waals surface area (Å²) in [5, 5.41) is 3.45. The fourth-order valence-corrected chi connectivity index (χ4v) is 2.29. The van der Waals surface area contributed by atoms with Gasteiger partial charge >= 0.3 is 0 Å². The largest absolute Gasteiger partial charge is 0.486 e. The van der Waals surface area contributed by atoms with Crippen molar-refractivity contribution < 1.29 is 18.9 Å². The number of hydrogen-bond donors (Lipinski definition) is 1. The Morgan fingerprint density at radius 3 is 2.50 bits per heavy atom. The molecule has 5 heteroatoms. The van der Waals surface area contributed by atoms with Gasteiger partial charge in [0.2, 0.25) is 0 Å². The quantitative estimate of drug-likeness (QED) is 0.776. The molecule has 0 aliphatic carbocycles. The predicted molar refractivity (Wildman–Crippen MR) is 76.3 cm³/mol. The molecule has 0 saturated heterocycles. The molecule has 1 unspecified atom stereocenters. The predicted octanol–water partition coefficient (Wildman–Crippen LogP) is 2.12. The average Bonchev–Trinajstić information content (AvgIpc) is 2.51. The van der Waals surface area contributed by atoms with Crippen molar-refractivity contribution in [1.82, 2.24) is 5.32 Å². The summed E-state index contributed by atoms with van der Waals surface area (Å²) in [7, 11) is 3.29. The lowest BCUT2D eigenvalue weighted by atomic mass is 10.0. The SMILES string of the molecule is CCCNC(c1ccc2c(c1)OCCO2)C(OC)OC. The third-order valence-corrected chi connectivity index (χ3v) is 3.28. The topological polar surface area (TPSA) is 49.0 Å². The van der Waals surface area contributed by atoms with Gasteiger partial charge in [-0.25, -0.2) is 0 Å². The third kappa shape index (κ3) is 3.42. The van der Waals surface area contributed by atoms with E-state index in [9.17, 15) is 0 Å². The summed E-state index contributed by atoms with van der Waals surface area (Å²) in [4.78, 5) is 0. The molecule has 0 bridgehead atoms. The van der Waals surface area contributed by atoms with Crippen molar-refractivity contribution in [3.8, 4) is 11.5 Å². The number of rotatable bonds is 7. The average molecular weight is 281 g/mol. The van der Waals surface area contributed by atoms with E-state index in [1.54, 1.807) is 14.2 Å². The summed E-state index contributed by atoms with van der Waals surface area (Å²) < 4.78 is 22.0. The van der Waals surface area contributed by atoms with E-state index in [0.717, 1.165) is 30.0 Å². The highest BCUT2D eigenvalue weighted by molar-refractivity contribution is 5.44. The van der Waals surface area contributed by atoms with E-state index in [1.165, 1.54) is 0 Å². The van der Waals surface area contributed by atoms with Crippen LogP contribution in [0.2, 0.25) is 0 Å². The Balaban J connectivity index is 2.22. The second-order valence-corrected chi connectivity index (χ2v) is 4.67. The maximum absolute atomic E-state index is 5.63. The van der Waals surface area contributed by atoms with Gasteiger partial charge in [0.05, 0.1) is 6.04 Å². The van der Waals surface area contributed by atoms with Crippen molar-refractivity contribution >= 4 is 0 Å². The summed E-state index contributed by atoms with van der Waals surface area (Å²) >= 11 is 0. The first kappa shape index (κ1) is 15.1. The van der Waals surface area contributed by atoms with E-state index < -0.39 is 0 Å². The van der Waals surface area contributed by atoms with E-state index in [2.05, 4.69) is 12.2 Å². The summed E-state index contributed by atoms with van der Waals surface area (Å²) in [6, 6.07) is 5.91. The van der Waals surface area contributed by atoms with Gasteiger partial charge in [0.1, 0.15) is 13.2 Å². The second-order valence-electron chi connectivity index (χ2n) is 4.67. The molecular weight excluding hydrogens is 258 g/mol. The first-order valence-electron chi connectivity index (χ1n) is 6.98. The molecule has 1 N–H and O–H groups in total. The first-order valence-corrected chi connectivity index (χ1v) is 6.98. The summed E-state index contributed by atoms with van der Waals surface area (Å²) in [6.07, 6.45) is 0.699. The van der Waals surface area contributed by atoms with Crippen molar-refractivity contribution in [3.05, 3.63) is 23.8 Å². The lowest BCUT2D eigenvalue weighted by Crippen LogP contribution is -2.35. The van der Waals surface area contributed by atoms with Crippen molar-refractivity contribution in [2.24, 2.45) is 0 Å². The fraction of sp³-hybridized carbons (Fsp3) is 0.600. The Bertz CT molecular complexity index is 420. The van der Waals surface area contributed by atoms with Crippen molar-refractivity contribution in [2.75, 3.05) is 34.0 Å². The zero-order valence-corrected chi connectivity index (χ0v) is 12.3. The van der Waals surface area contributed by atoms with Gasteiger partial charge in [-0.2, -0.15) is 0 Å². The van der Waals surface area contributed by atoms with Gasteiger partial charge in [-0.3, -0.25) is 0 Å². The Hall–Kier alpha value is -1.30. The molecule has 1 aliphatic heterocycles. The van der Waals surface area contributed by atoms with Crippen LogP contribution in [0.25, 0.3) is 0 Å². The van der Waals surface area contributed by atoms with Crippen LogP contribution in [0.1, 0.15) is 24.9 Å². The molecule has 1 aromatic carbocycles. The van der Waals surface area contributed by atoms with Gasteiger partial charge in [0, 0.05) is 14.2 Å². The van der Waals surface area contributed by atoms with Gasteiger partial charge in [0.15, 0.2) is 17.8 Å². The van der Waals surface area contributed by atoms with Crippen molar-refractivity contribution in [3.63, 3.8) is 0 Å². The summed E-state index contributed by atoms with van der Waals surface area (Å²) in [5.74, 6) is 1.57. The number of hydrogen-bond acceptors (Lipinski definition) is 5.